The second-order valence-corrected chi connectivity index (χ2v) is 9.42. The van der Waals surface area contributed by atoms with E-state index < -0.39 is 0 Å². The number of allylic oxidation sites excluding steroid dienone is 2. The van der Waals surface area contributed by atoms with Crippen LogP contribution in [0.5, 0.6) is 5.75 Å². The average Bonchev–Trinajstić information content (AvgIpc) is 3.20. The Hall–Kier alpha value is -3.92. The molecular formula is C31H34CoN4O4. The smallest absolute Gasteiger partial charge is 0.277 e. The van der Waals surface area contributed by atoms with E-state index in [4.69, 9.17) is 9.57 Å². The van der Waals surface area contributed by atoms with Gasteiger partial charge in [-0.3, -0.25) is 9.63 Å². The molecule has 1 atom stereocenters. The van der Waals surface area contributed by atoms with Gasteiger partial charge in [0.1, 0.15) is 5.75 Å². The van der Waals surface area contributed by atoms with E-state index in [2.05, 4.69) is 65.3 Å². The number of anilines is 1. The first-order valence-corrected chi connectivity index (χ1v) is 12.8. The number of nitrogens with zero attached hydrogens (tertiary/aromatic N) is 4. The number of rotatable bonds is 9. The van der Waals surface area contributed by atoms with Crippen LogP contribution in [-0.4, -0.2) is 56.0 Å². The van der Waals surface area contributed by atoms with Crippen LogP contribution < -0.4 is 9.64 Å². The maximum atomic E-state index is 12.2. The van der Waals surface area contributed by atoms with E-state index in [0.717, 1.165) is 35.2 Å². The van der Waals surface area contributed by atoms with Crippen molar-refractivity contribution in [2.45, 2.75) is 25.7 Å². The maximum absolute atomic E-state index is 12.2. The molecule has 0 fully saturated rings. The molecule has 3 aromatic rings. The molecule has 3 aromatic carbocycles. The summed E-state index contributed by atoms with van der Waals surface area (Å²) in [6, 6.07) is 23.0. The van der Waals surface area contributed by atoms with Crippen molar-refractivity contribution >= 4 is 23.7 Å². The Labute approximate surface area is 245 Å². The summed E-state index contributed by atoms with van der Waals surface area (Å²) < 4.78 is 5.55. The number of benzene rings is 3. The Bertz CT molecular complexity index is 1410. The largest absolute Gasteiger partial charge is 0.497 e. The van der Waals surface area contributed by atoms with Crippen LogP contribution in [0.4, 0.5) is 5.69 Å². The molecule has 4 rings (SSSR count). The predicted molar refractivity (Wildman–Crippen MR) is 155 cm³/mol. The minimum Gasteiger partial charge on any atom is -0.497 e. The number of hydrogen-bond acceptors (Lipinski definition) is 6. The van der Waals surface area contributed by atoms with Crippen LogP contribution in [0, 0.1) is 0 Å². The van der Waals surface area contributed by atoms with Crippen LogP contribution >= 0.6 is 0 Å². The van der Waals surface area contributed by atoms with Crippen LogP contribution in [0.25, 0.3) is 0 Å². The number of aliphatic hydroxyl groups is 1. The number of amides is 1. The van der Waals surface area contributed by atoms with Gasteiger partial charge in [0.2, 0.25) is 5.90 Å². The summed E-state index contributed by atoms with van der Waals surface area (Å²) in [7, 11) is 4.63. The van der Waals surface area contributed by atoms with Gasteiger partial charge >= 0.3 is 0 Å². The fourth-order valence-corrected chi connectivity index (χ4v) is 4.97. The zero-order valence-corrected chi connectivity index (χ0v) is 24.3. The topological polar surface area (TPSA) is 87.0 Å². The minimum absolute atomic E-state index is 0. The Morgan fingerprint density at radius 2 is 1.73 bits per heavy atom. The van der Waals surface area contributed by atoms with Gasteiger partial charge in [0.25, 0.3) is 5.91 Å². The minimum atomic E-state index is -0.337. The Morgan fingerprint density at radius 1 is 1.05 bits per heavy atom. The van der Waals surface area contributed by atoms with Crippen LogP contribution in [0.2, 0.25) is 0 Å². The molecule has 0 aromatic heterocycles. The second kappa shape index (κ2) is 13.4. The number of fused-ring (bicyclic) bond motifs is 1. The first kappa shape index (κ1) is 30.6. The second-order valence-electron chi connectivity index (χ2n) is 9.42. The van der Waals surface area contributed by atoms with Crippen molar-refractivity contribution in [2.75, 3.05) is 32.7 Å². The van der Waals surface area contributed by atoms with E-state index in [9.17, 15) is 9.90 Å². The molecule has 1 aliphatic rings. The zero-order valence-electron chi connectivity index (χ0n) is 23.3. The third-order valence-corrected chi connectivity index (χ3v) is 7.06. The van der Waals surface area contributed by atoms with Crippen molar-refractivity contribution in [3.8, 4) is 5.75 Å². The maximum Gasteiger partial charge on any atom is 0.277 e. The van der Waals surface area contributed by atoms with E-state index in [0.29, 0.717) is 11.1 Å². The van der Waals surface area contributed by atoms with Gasteiger partial charge in [0.05, 0.1) is 20.4 Å². The van der Waals surface area contributed by atoms with Crippen LogP contribution in [0.3, 0.4) is 0 Å². The van der Waals surface area contributed by atoms with Crippen molar-refractivity contribution in [1.29, 1.82) is 0 Å². The van der Waals surface area contributed by atoms with Gasteiger partial charge < -0.3 is 14.7 Å². The SMILES string of the molecule is CCN1\C(=C/C=N/N=C(\O)c2ccc(C(=O)N(C)OC)cc2)C(C)(Cc2ccccc2)c2cc(OC)ccc21.[Co]. The van der Waals surface area contributed by atoms with E-state index in [1.807, 2.05) is 18.2 Å². The van der Waals surface area contributed by atoms with Crippen LogP contribution in [0.1, 0.15) is 40.9 Å². The Balaban J connectivity index is 0.00000441. The molecule has 8 nitrogen and oxygen atoms in total. The van der Waals surface area contributed by atoms with Gasteiger partial charge in [-0.05, 0) is 79.9 Å². The molecule has 9 heteroatoms. The third kappa shape index (κ3) is 6.28. The predicted octanol–water partition coefficient (Wildman–Crippen LogP) is 5.54. The van der Waals surface area contributed by atoms with Crippen molar-refractivity contribution in [3.63, 3.8) is 0 Å². The quantitative estimate of drug-likeness (QED) is 0.203. The van der Waals surface area contributed by atoms with Gasteiger partial charge in [0.15, 0.2) is 0 Å². The summed E-state index contributed by atoms with van der Waals surface area (Å²) in [5, 5.41) is 19.7. The molecule has 40 heavy (non-hydrogen) atoms. The van der Waals surface area contributed by atoms with Gasteiger partial charge in [0, 0.05) is 58.3 Å². The summed E-state index contributed by atoms with van der Waals surface area (Å²) in [6.45, 7) is 5.13. The summed E-state index contributed by atoms with van der Waals surface area (Å²) in [5.74, 6) is 0.275. The Morgan fingerprint density at radius 3 is 2.35 bits per heavy atom. The Kier molecular flexibility index (Phi) is 10.3. The van der Waals surface area contributed by atoms with Crippen LogP contribution in [0.15, 0.2) is 94.8 Å². The number of ether oxygens (including phenoxy) is 1. The van der Waals surface area contributed by atoms with Crippen molar-refractivity contribution in [2.24, 2.45) is 10.2 Å². The number of likely N-dealkylation sites (N-methyl/N-ethyl adjacent to an activating group) is 1. The molecule has 0 saturated heterocycles. The number of aliphatic hydroxyl groups excluding tert-OH is 1. The molecule has 211 valence electrons. The number of methoxy groups -OCH3 is 1. The molecule has 1 aliphatic heterocycles. The van der Waals surface area contributed by atoms with Crippen LogP contribution in [-0.2, 0) is 33.5 Å². The molecule has 1 amide bonds. The molecular weight excluding hydrogens is 551 g/mol. The molecule has 1 unspecified atom stereocenters. The van der Waals surface area contributed by atoms with Gasteiger partial charge in [-0.2, -0.15) is 5.10 Å². The van der Waals surface area contributed by atoms with Crippen molar-refractivity contribution in [1.82, 2.24) is 5.06 Å². The van der Waals surface area contributed by atoms with E-state index in [-0.39, 0.29) is 34.0 Å². The molecule has 1 N–H and O–H groups in total. The monoisotopic (exact) mass is 585 g/mol. The summed E-state index contributed by atoms with van der Waals surface area (Å²) >= 11 is 0. The molecule has 0 saturated carbocycles. The molecule has 0 spiro atoms. The van der Waals surface area contributed by atoms with E-state index >= 15 is 0 Å². The van der Waals surface area contributed by atoms with Gasteiger partial charge in [-0.25, -0.2) is 5.06 Å². The average molecular weight is 586 g/mol. The van der Waals surface area contributed by atoms with Crippen molar-refractivity contribution < 1.29 is 36.3 Å². The fraction of sp³-hybridized carbons (Fsp3) is 0.258. The number of carbonyl (C=O) groups is 1. The zero-order chi connectivity index (χ0) is 28.0. The number of hydrogen-bond donors (Lipinski definition) is 1. The molecule has 1 heterocycles. The van der Waals surface area contributed by atoms with Gasteiger partial charge in [-0.1, -0.05) is 30.3 Å². The first-order valence-electron chi connectivity index (χ1n) is 12.8. The molecule has 1 radical (unpaired) electrons. The summed E-state index contributed by atoms with van der Waals surface area (Å²) in [5.41, 5.74) is 5.17. The summed E-state index contributed by atoms with van der Waals surface area (Å²) in [4.78, 5) is 19.4. The van der Waals surface area contributed by atoms with Crippen molar-refractivity contribution in [3.05, 3.63) is 107 Å². The fourth-order valence-electron chi connectivity index (χ4n) is 4.97. The first-order chi connectivity index (χ1) is 18.8. The summed E-state index contributed by atoms with van der Waals surface area (Å²) in [6.07, 6.45) is 4.35. The number of carbonyl (C=O) groups excluding carboxylic acids is 1. The molecule has 0 aliphatic carbocycles. The van der Waals surface area contributed by atoms with Gasteiger partial charge in [-0.15, -0.1) is 5.10 Å². The standard InChI is InChI=1S/C31H34N4O4.Co/c1-6-35-27-17-16-25(38-4)20-26(27)31(2,21-22-10-8-7-9-11-22)28(35)18-19-32-33-29(36)23-12-14-24(15-13-23)30(37)34(3)39-5;/h7-20H,6,21H2,1-5H3,(H,33,36);/b28-18-,32-19+;. The third-order valence-electron chi connectivity index (χ3n) is 7.06. The van der Waals surface area contributed by atoms with E-state index in [1.165, 1.54) is 25.3 Å². The normalized spacial score (nSPS) is 17.6. The van der Waals surface area contributed by atoms with E-state index in [1.54, 1.807) is 37.6 Å². The number of hydroxylamine groups is 2. The molecule has 0 bridgehead atoms.